The van der Waals surface area contributed by atoms with Gasteiger partial charge in [0.15, 0.2) is 11.5 Å². The quantitative estimate of drug-likeness (QED) is 0.784. The molecule has 0 saturated carbocycles. The van der Waals surface area contributed by atoms with Crippen LogP contribution in [0.25, 0.3) is 0 Å². The van der Waals surface area contributed by atoms with Gasteiger partial charge >= 0.3 is 0 Å². The predicted molar refractivity (Wildman–Crippen MR) is 99.5 cm³/mol. The van der Waals surface area contributed by atoms with Crippen LogP contribution < -0.4 is 14.8 Å². The number of aliphatic hydroxyl groups is 1. The molecular weight excluding hydrogens is 328 g/mol. The second kappa shape index (κ2) is 9.47. The molecule has 0 unspecified atom stereocenters. The fraction of sp³-hybridized carbons (Fsp3) is 0.667. The summed E-state index contributed by atoms with van der Waals surface area (Å²) in [6.45, 7) is 10.8. The lowest BCUT2D eigenvalue weighted by atomic mass is 9.79. The average Bonchev–Trinajstić information content (AvgIpc) is 2.57. The van der Waals surface area contributed by atoms with Crippen molar-refractivity contribution in [2.45, 2.75) is 26.8 Å². The van der Waals surface area contributed by atoms with E-state index in [0.717, 1.165) is 43.2 Å². The van der Waals surface area contributed by atoms with Crippen molar-refractivity contribution in [2.75, 3.05) is 46.5 Å². The number of benzene rings is 1. The highest BCUT2D eigenvalue weighted by atomic mass is 35.5. The van der Waals surface area contributed by atoms with Crippen molar-refractivity contribution in [3.8, 4) is 11.5 Å². The highest BCUT2D eigenvalue weighted by molar-refractivity contribution is 5.85. The zero-order chi connectivity index (χ0) is 16.9. The smallest absolute Gasteiger partial charge is 0.161 e. The van der Waals surface area contributed by atoms with Crippen LogP contribution in [-0.4, -0.2) is 56.5 Å². The Morgan fingerprint density at radius 3 is 2.46 bits per heavy atom. The van der Waals surface area contributed by atoms with E-state index in [9.17, 15) is 5.11 Å². The first-order chi connectivity index (χ1) is 11.0. The van der Waals surface area contributed by atoms with Crippen molar-refractivity contribution in [3.63, 3.8) is 0 Å². The molecule has 5 nitrogen and oxygen atoms in total. The third-order valence-corrected chi connectivity index (χ3v) is 4.47. The van der Waals surface area contributed by atoms with Crippen molar-refractivity contribution in [2.24, 2.45) is 5.41 Å². The summed E-state index contributed by atoms with van der Waals surface area (Å²) in [6, 6.07) is 6.26. The Kier molecular flexibility index (Phi) is 8.30. The molecule has 2 N–H and O–H groups in total. The van der Waals surface area contributed by atoms with Gasteiger partial charge in [-0.1, -0.05) is 19.9 Å². The Hall–Kier alpha value is -1.01. The second-order valence-electron chi connectivity index (χ2n) is 6.68. The molecule has 1 aromatic rings. The van der Waals surface area contributed by atoms with E-state index in [1.165, 1.54) is 0 Å². The Balaban J connectivity index is 0.00000288. The van der Waals surface area contributed by atoms with E-state index in [2.05, 4.69) is 36.2 Å². The molecule has 0 aromatic heterocycles. The topological polar surface area (TPSA) is 54.0 Å². The number of ether oxygens (including phenoxy) is 2. The number of piperazine rings is 1. The third kappa shape index (κ3) is 4.76. The molecule has 1 aliphatic heterocycles. The number of halogens is 1. The van der Waals surface area contributed by atoms with Gasteiger partial charge in [-0.15, -0.1) is 12.4 Å². The van der Waals surface area contributed by atoms with E-state index in [0.29, 0.717) is 6.61 Å². The Morgan fingerprint density at radius 1 is 1.25 bits per heavy atom. The summed E-state index contributed by atoms with van der Waals surface area (Å²) in [5.41, 5.74) is 0.918. The van der Waals surface area contributed by atoms with E-state index < -0.39 is 0 Å². The molecule has 0 bridgehead atoms. The van der Waals surface area contributed by atoms with E-state index in [1.807, 2.05) is 13.0 Å². The molecule has 24 heavy (non-hydrogen) atoms. The van der Waals surface area contributed by atoms with E-state index in [-0.39, 0.29) is 30.5 Å². The van der Waals surface area contributed by atoms with Crippen LogP contribution >= 0.6 is 12.4 Å². The maximum Gasteiger partial charge on any atom is 0.161 e. The van der Waals surface area contributed by atoms with Gasteiger partial charge in [0, 0.05) is 44.2 Å². The second-order valence-corrected chi connectivity index (χ2v) is 6.68. The number of aliphatic hydroxyl groups excluding tert-OH is 1. The van der Waals surface area contributed by atoms with Gasteiger partial charge in [-0.3, -0.25) is 4.90 Å². The normalized spacial score (nSPS) is 17.0. The summed E-state index contributed by atoms with van der Waals surface area (Å²) in [4.78, 5) is 2.45. The van der Waals surface area contributed by atoms with Crippen LogP contribution in [0.4, 0.5) is 0 Å². The Bertz CT molecular complexity index is 505. The predicted octanol–water partition coefficient (Wildman–Crippen LogP) is 2.48. The number of hydrogen-bond acceptors (Lipinski definition) is 5. The molecule has 1 heterocycles. The summed E-state index contributed by atoms with van der Waals surface area (Å²) in [5, 5.41) is 13.3. The zero-order valence-electron chi connectivity index (χ0n) is 15.2. The molecule has 138 valence electrons. The standard InChI is InChI=1S/C18H30N2O3.ClH/c1-5-23-15-7-6-14(12-16(15)22-4)17(18(2,3)13-21)20-10-8-19-9-11-20;/h6-7,12,17,19,21H,5,8-11,13H2,1-4H3;1H/t17-;/m0./s1. The van der Waals surface area contributed by atoms with Gasteiger partial charge in [0.25, 0.3) is 0 Å². The van der Waals surface area contributed by atoms with Crippen LogP contribution in [0.5, 0.6) is 11.5 Å². The lowest BCUT2D eigenvalue weighted by molar-refractivity contribution is 0.0304. The summed E-state index contributed by atoms with van der Waals surface area (Å²) in [5.74, 6) is 1.51. The molecular formula is C18H31ClN2O3. The van der Waals surface area contributed by atoms with E-state index in [1.54, 1.807) is 7.11 Å². The van der Waals surface area contributed by atoms with Crippen LogP contribution in [-0.2, 0) is 0 Å². The summed E-state index contributed by atoms with van der Waals surface area (Å²) in [6.07, 6.45) is 0. The molecule has 1 aliphatic rings. The van der Waals surface area contributed by atoms with Gasteiger partial charge in [0.1, 0.15) is 0 Å². The van der Waals surface area contributed by atoms with Crippen LogP contribution in [0.1, 0.15) is 32.4 Å². The highest BCUT2D eigenvalue weighted by Crippen LogP contribution is 2.41. The first kappa shape index (κ1) is 21.0. The molecule has 6 heteroatoms. The Labute approximate surface area is 151 Å². The van der Waals surface area contributed by atoms with Gasteiger partial charge in [0.05, 0.1) is 13.7 Å². The lowest BCUT2D eigenvalue weighted by Crippen LogP contribution is -2.49. The summed E-state index contributed by atoms with van der Waals surface area (Å²) < 4.78 is 11.1. The van der Waals surface area contributed by atoms with Crippen LogP contribution in [0, 0.1) is 5.41 Å². The van der Waals surface area contributed by atoms with Crippen LogP contribution in [0.2, 0.25) is 0 Å². The highest BCUT2D eigenvalue weighted by Gasteiger charge is 2.36. The molecule has 2 rings (SSSR count). The molecule has 0 amide bonds. The van der Waals surface area contributed by atoms with Crippen molar-refractivity contribution < 1.29 is 14.6 Å². The molecule has 0 aliphatic carbocycles. The number of nitrogens with zero attached hydrogens (tertiary/aromatic N) is 1. The monoisotopic (exact) mass is 358 g/mol. The van der Waals surface area contributed by atoms with Crippen molar-refractivity contribution in [3.05, 3.63) is 23.8 Å². The fourth-order valence-corrected chi connectivity index (χ4v) is 3.31. The SMILES string of the molecule is CCOc1ccc([C@H](N2CCNCC2)C(C)(C)CO)cc1OC.Cl. The molecule has 0 spiro atoms. The number of methoxy groups -OCH3 is 1. The van der Waals surface area contributed by atoms with E-state index >= 15 is 0 Å². The van der Waals surface area contributed by atoms with Gasteiger partial charge in [-0.05, 0) is 24.6 Å². The minimum absolute atomic E-state index is 0. The maximum absolute atomic E-state index is 9.92. The fourth-order valence-electron chi connectivity index (χ4n) is 3.31. The lowest BCUT2D eigenvalue weighted by Gasteiger charge is -2.43. The van der Waals surface area contributed by atoms with Crippen molar-refractivity contribution >= 4 is 12.4 Å². The molecule has 1 atom stereocenters. The van der Waals surface area contributed by atoms with Gasteiger partial charge < -0.3 is 19.9 Å². The minimum Gasteiger partial charge on any atom is -0.493 e. The largest absolute Gasteiger partial charge is 0.493 e. The van der Waals surface area contributed by atoms with Crippen molar-refractivity contribution in [1.29, 1.82) is 0 Å². The average molecular weight is 359 g/mol. The van der Waals surface area contributed by atoms with Gasteiger partial charge in [-0.25, -0.2) is 0 Å². The number of hydrogen-bond donors (Lipinski definition) is 2. The first-order valence-corrected chi connectivity index (χ1v) is 8.40. The molecule has 1 fully saturated rings. The zero-order valence-corrected chi connectivity index (χ0v) is 16.0. The minimum atomic E-state index is -0.241. The number of rotatable bonds is 7. The van der Waals surface area contributed by atoms with Crippen molar-refractivity contribution in [1.82, 2.24) is 10.2 Å². The van der Waals surface area contributed by atoms with Gasteiger partial charge in [-0.2, -0.15) is 0 Å². The number of nitrogens with one attached hydrogen (secondary N) is 1. The third-order valence-electron chi connectivity index (χ3n) is 4.47. The molecule has 0 radical (unpaired) electrons. The molecule has 1 saturated heterocycles. The van der Waals surface area contributed by atoms with Gasteiger partial charge in [0.2, 0.25) is 0 Å². The van der Waals surface area contributed by atoms with Crippen LogP contribution in [0.3, 0.4) is 0 Å². The first-order valence-electron chi connectivity index (χ1n) is 8.40. The molecule has 1 aromatic carbocycles. The summed E-state index contributed by atoms with van der Waals surface area (Å²) in [7, 11) is 1.67. The summed E-state index contributed by atoms with van der Waals surface area (Å²) >= 11 is 0. The maximum atomic E-state index is 9.92. The Morgan fingerprint density at radius 2 is 1.92 bits per heavy atom. The van der Waals surface area contributed by atoms with Crippen LogP contribution in [0.15, 0.2) is 18.2 Å². The van der Waals surface area contributed by atoms with E-state index in [4.69, 9.17) is 9.47 Å².